The minimum Gasteiger partial charge on any atom is -0.495 e. The molecule has 3 aromatic rings. The van der Waals surface area contributed by atoms with Crippen LogP contribution in [0.15, 0.2) is 77.7 Å². The molecule has 0 heterocycles. The van der Waals surface area contributed by atoms with Crippen LogP contribution in [-0.4, -0.2) is 34.6 Å². The van der Waals surface area contributed by atoms with E-state index in [2.05, 4.69) is 5.32 Å². The molecule has 0 saturated carbocycles. The average molecular weight is 459 g/mol. The van der Waals surface area contributed by atoms with Crippen molar-refractivity contribution in [2.24, 2.45) is 0 Å². The van der Waals surface area contributed by atoms with Gasteiger partial charge in [-0.25, -0.2) is 12.8 Å². The van der Waals surface area contributed by atoms with E-state index in [1.807, 2.05) is 6.92 Å². The lowest BCUT2D eigenvalue weighted by Gasteiger charge is -2.24. The zero-order valence-electron chi connectivity index (χ0n) is 17.6. The lowest BCUT2D eigenvalue weighted by Crippen LogP contribution is -2.38. The molecule has 0 aliphatic heterocycles. The van der Waals surface area contributed by atoms with Crippen molar-refractivity contribution in [3.8, 4) is 11.5 Å². The Morgan fingerprint density at radius 3 is 2.28 bits per heavy atom. The Morgan fingerprint density at radius 2 is 1.66 bits per heavy atom. The smallest absolute Gasteiger partial charge is 0.264 e. The van der Waals surface area contributed by atoms with E-state index >= 15 is 0 Å². The zero-order chi connectivity index (χ0) is 23.1. The Balaban J connectivity index is 1.94. The highest BCUT2D eigenvalue weighted by Gasteiger charge is 2.27. The molecule has 3 aromatic carbocycles. The van der Waals surface area contributed by atoms with Crippen LogP contribution in [0.5, 0.6) is 11.5 Å². The number of halogens is 1. The number of amides is 1. The summed E-state index contributed by atoms with van der Waals surface area (Å²) in [6, 6.07) is 17.5. The maximum Gasteiger partial charge on any atom is 0.264 e. The highest BCUT2D eigenvalue weighted by atomic mass is 32.2. The third-order valence-electron chi connectivity index (χ3n) is 4.51. The molecule has 0 atom stereocenters. The van der Waals surface area contributed by atoms with Crippen LogP contribution in [0.4, 0.5) is 15.8 Å². The van der Waals surface area contributed by atoms with Crippen molar-refractivity contribution in [1.82, 2.24) is 0 Å². The Morgan fingerprint density at radius 1 is 1.00 bits per heavy atom. The van der Waals surface area contributed by atoms with Crippen LogP contribution in [0, 0.1) is 5.82 Å². The molecular weight excluding hydrogens is 435 g/mol. The van der Waals surface area contributed by atoms with E-state index in [0.29, 0.717) is 23.8 Å². The van der Waals surface area contributed by atoms with Crippen molar-refractivity contribution in [2.75, 3.05) is 29.9 Å². The molecule has 0 unspecified atom stereocenters. The number of hydrogen-bond acceptors (Lipinski definition) is 5. The number of carbonyl (C=O) groups excluding carboxylic acids is 1. The summed E-state index contributed by atoms with van der Waals surface area (Å²) in [7, 11) is -2.70. The van der Waals surface area contributed by atoms with Crippen LogP contribution in [0.1, 0.15) is 6.92 Å². The van der Waals surface area contributed by atoms with Gasteiger partial charge in [-0.15, -0.1) is 0 Å². The van der Waals surface area contributed by atoms with Crippen molar-refractivity contribution in [3.05, 3.63) is 78.6 Å². The van der Waals surface area contributed by atoms with Gasteiger partial charge < -0.3 is 14.8 Å². The number of ether oxygens (including phenoxy) is 2. The van der Waals surface area contributed by atoms with E-state index < -0.39 is 28.3 Å². The number of sulfonamides is 1. The molecule has 0 radical (unpaired) electrons. The number of carbonyl (C=O) groups is 1. The number of rotatable bonds is 9. The lowest BCUT2D eigenvalue weighted by atomic mass is 10.3. The first-order valence-electron chi connectivity index (χ1n) is 9.79. The third-order valence-corrected chi connectivity index (χ3v) is 6.29. The molecule has 1 amide bonds. The first kappa shape index (κ1) is 23.1. The van der Waals surface area contributed by atoms with Gasteiger partial charge in [0.05, 0.1) is 30.0 Å². The minimum atomic E-state index is -4.17. The Hall–Kier alpha value is -3.59. The van der Waals surface area contributed by atoms with Crippen LogP contribution in [0.25, 0.3) is 0 Å². The van der Waals surface area contributed by atoms with Gasteiger partial charge in [0.1, 0.15) is 23.9 Å². The maximum absolute atomic E-state index is 13.3. The highest BCUT2D eigenvalue weighted by Crippen LogP contribution is 2.27. The molecule has 0 fully saturated rings. The molecule has 3 rings (SSSR count). The molecule has 7 nitrogen and oxygen atoms in total. The molecule has 0 aliphatic carbocycles. The van der Waals surface area contributed by atoms with Gasteiger partial charge in [0.2, 0.25) is 5.91 Å². The van der Waals surface area contributed by atoms with E-state index in [1.165, 1.54) is 7.11 Å². The van der Waals surface area contributed by atoms with E-state index in [-0.39, 0.29) is 10.6 Å². The molecule has 0 aromatic heterocycles. The number of anilines is 2. The lowest BCUT2D eigenvalue weighted by molar-refractivity contribution is -0.114. The van der Waals surface area contributed by atoms with Crippen LogP contribution in [-0.2, 0) is 14.8 Å². The molecule has 0 saturated heterocycles. The van der Waals surface area contributed by atoms with Crippen LogP contribution < -0.4 is 19.1 Å². The fourth-order valence-electron chi connectivity index (χ4n) is 2.99. The second-order valence-corrected chi connectivity index (χ2v) is 8.50. The van der Waals surface area contributed by atoms with Gasteiger partial charge in [-0.05, 0) is 67.6 Å². The van der Waals surface area contributed by atoms with Gasteiger partial charge >= 0.3 is 0 Å². The van der Waals surface area contributed by atoms with Crippen molar-refractivity contribution < 1.29 is 27.1 Å². The summed E-state index contributed by atoms with van der Waals surface area (Å²) in [5.74, 6) is -0.136. The normalized spacial score (nSPS) is 11.0. The maximum atomic E-state index is 13.3. The fraction of sp³-hybridized carbons (Fsp3) is 0.174. The second-order valence-electron chi connectivity index (χ2n) is 6.64. The van der Waals surface area contributed by atoms with Gasteiger partial charge in [-0.1, -0.05) is 12.1 Å². The van der Waals surface area contributed by atoms with Crippen molar-refractivity contribution in [3.63, 3.8) is 0 Å². The van der Waals surface area contributed by atoms with E-state index in [9.17, 15) is 17.6 Å². The molecule has 0 bridgehead atoms. The summed E-state index contributed by atoms with van der Waals surface area (Å²) in [5, 5.41) is 2.67. The summed E-state index contributed by atoms with van der Waals surface area (Å²) < 4.78 is 51.6. The van der Waals surface area contributed by atoms with E-state index in [4.69, 9.17) is 9.47 Å². The van der Waals surface area contributed by atoms with Gasteiger partial charge in [0, 0.05) is 0 Å². The molecule has 0 aliphatic rings. The van der Waals surface area contributed by atoms with Gasteiger partial charge in [-0.3, -0.25) is 9.10 Å². The number of para-hydroxylation sites is 2. The molecule has 1 N–H and O–H groups in total. The third kappa shape index (κ3) is 5.36. The fourth-order valence-corrected chi connectivity index (χ4v) is 4.41. The van der Waals surface area contributed by atoms with Gasteiger partial charge in [0.25, 0.3) is 10.0 Å². The number of nitrogens with zero attached hydrogens (tertiary/aromatic N) is 1. The SMILES string of the molecule is CCOc1ccc(N(CC(=O)Nc2ccccc2OC)S(=O)(=O)c2ccc(F)cc2)cc1. The molecule has 168 valence electrons. The first-order chi connectivity index (χ1) is 15.3. The topological polar surface area (TPSA) is 84.9 Å². The number of hydrogen-bond donors (Lipinski definition) is 1. The zero-order valence-corrected chi connectivity index (χ0v) is 18.4. The second kappa shape index (κ2) is 10.1. The van der Waals surface area contributed by atoms with Crippen LogP contribution >= 0.6 is 0 Å². The van der Waals surface area contributed by atoms with Crippen molar-refractivity contribution in [1.29, 1.82) is 0 Å². The number of nitrogens with one attached hydrogen (secondary N) is 1. The number of methoxy groups -OCH3 is 1. The van der Waals surface area contributed by atoms with Gasteiger partial charge in [0.15, 0.2) is 0 Å². The van der Waals surface area contributed by atoms with Crippen LogP contribution in [0.3, 0.4) is 0 Å². The Labute approximate surface area is 186 Å². The highest BCUT2D eigenvalue weighted by molar-refractivity contribution is 7.92. The van der Waals surface area contributed by atoms with Crippen molar-refractivity contribution >= 4 is 27.3 Å². The Kier molecular flexibility index (Phi) is 7.32. The molecule has 32 heavy (non-hydrogen) atoms. The molecule has 9 heteroatoms. The summed E-state index contributed by atoms with van der Waals surface area (Å²) in [4.78, 5) is 12.7. The summed E-state index contributed by atoms with van der Waals surface area (Å²) in [6.07, 6.45) is 0. The van der Waals surface area contributed by atoms with Crippen LogP contribution in [0.2, 0.25) is 0 Å². The predicted octanol–water partition coefficient (Wildman–Crippen LogP) is 4.07. The van der Waals surface area contributed by atoms with E-state index in [1.54, 1.807) is 48.5 Å². The summed E-state index contributed by atoms with van der Waals surface area (Å²) in [5.41, 5.74) is 0.666. The monoisotopic (exact) mass is 458 g/mol. The van der Waals surface area contributed by atoms with E-state index in [0.717, 1.165) is 28.6 Å². The quantitative estimate of drug-likeness (QED) is 0.523. The van der Waals surface area contributed by atoms with Crippen molar-refractivity contribution in [2.45, 2.75) is 11.8 Å². The number of benzene rings is 3. The largest absolute Gasteiger partial charge is 0.495 e. The minimum absolute atomic E-state index is 0.141. The summed E-state index contributed by atoms with van der Waals surface area (Å²) >= 11 is 0. The first-order valence-corrected chi connectivity index (χ1v) is 11.2. The average Bonchev–Trinajstić information content (AvgIpc) is 2.79. The summed E-state index contributed by atoms with van der Waals surface area (Å²) in [6.45, 7) is 1.78. The predicted molar refractivity (Wildman–Crippen MR) is 120 cm³/mol. The molecular formula is C23H23FN2O5S. The Bertz CT molecular complexity index is 1170. The van der Waals surface area contributed by atoms with Gasteiger partial charge in [-0.2, -0.15) is 0 Å². The standard InChI is InChI=1S/C23H23FN2O5S/c1-3-31-19-12-10-18(11-13-19)26(32(28,29)20-14-8-17(24)9-15-20)16-23(27)25-21-6-4-5-7-22(21)30-2/h4-15H,3,16H2,1-2H3,(H,25,27). The molecule has 0 spiro atoms.